The van der Waals surface area contributed by atoms with E-state index < -0.39 is 0 Å². The third-order valence-electron chi connectivity index (χ3n) is 11.5. The van der Waals surface area contributed by atoms with E-state index in [0.717, 1.165) is 38.8 Å². The molecule has 3 aromatic rings. The number of para-hydroxylation sites is 2. The van der Waals surface area contributed by atoms with Crippen LogP contribution in [0, 0.1) is 0 Å². The van der Waals surface area contributed by atoms with E-state index in [9.17, 15) is 0 Å². The number of allylic oxidation sites excluding steroid dienone is 8. The summed E-state index contributed by atoms with van der Waals surface area (Å²) >= 11 is 0. The third kappa shape index (κ3) is 6.98. The van der Waals surface area contributed by atoms with Gasteiger partial charge in [-0.15, -0.1) is 0 Å². The van der Waals surface area contributed by atoms with Gasteiger partial charge in [-0.05, 0) is 102 Å². The molecule has 3 aliphatic rings. The Morgan fingerprint density at radius 1 is 0.725 bits per heavy atom. The second-order valence-corrected chi connectivity index (χ2v) is 16.4. The van der Waals surface area contributed by atoms with Crippen molar-refractivity contribution in [3.05, 3.63) is 136 Å². The Labute approximate surface area is 316 Å². The second-order valence-electron chi connectivity index (χ2n) is 16.4. The number of anilines is 1. The van der Waals surface area contributed by atoms with Crippen LogP contribution in [0.5, 0.6) is 0 Å². The van der Waals surface area contributed by atoms with Crippen molar-refractivity contribution >= 4 is 22.7 Å². The minimum atomic E-state index is -0.0501. The summed E-state index contributed by atoms with van der Waals surface area (Å²) in [5, 5.41) is 0. The van der Waals surface area contributed by atoms with E-state index in [1.165, 1.54) is 73.7 Å². The molecule has 2 aliphatic heterocycles. The topological polar surface area (TPSA) is 6.25 Å². The molecule has 0 spiro atoms. The molecule has 270 valence electrons. The normalized spacial score (nSPS) is 19.6. The number of hydrogen-bond donors (Lipinski definition) is 0. The highest BCUT2D eigenvalue weighted by Gasteiger charge is 2.44. The summed E-state index contributed by atoms with van der Waals surface area (Å²) in [6.07, 6.45) is 15.6. The number of benzene rings is 3. The Balaban J connectivity index is 0.00000504. The van der Waals surface area contributed by atoms with Gasteiger partial charge in [0, 0.05) is 47.5 Å². The average Bonchev–Trinajstić information content (AvgIpc) is 3.44. The molecule has 0 amide bonds. The molecule has 2 nitrogen and oxygen atoms in total. The summed E-state index contributed by atoms with van der Waals surface area (Å²) in [6, 6.07) is 25.1. The molecule has 0 radical (unpaired) electrons. The maximum atomic E-state index is 2.58. The Morgan fingerprint density at radius 3 is 2.02 bits per heavy atom. The molecule has 0 atom stereocenters. The molecule has 0 unspecified atom stereocenters. The van der Waals surface area contributed by atoms with Crippen LogP contribution in [0.2, 0.25) is 0 Å². The van der Waals surface area contributed by atoms with E-state index in [1.54, 1.807) is 0 Å². The molecule has 0 aromatic heterocycles. The lowest BCUT2D eigenvalue weighted by Gasteiger charge is -2.29. The standard InChI is InChI=1S/C48H61N2.ClH/c1-11-31-49-41-25-15-13-23-39(41)47(7,8)43(49)29-27-35-19-17-20-36(45(35)46-37(33(3)4)21-18-22-38(46)34(5)6)28-30-44-48(9,10)40-24-14-16-26-42(40)50(44)32-12-2;/h13-16,18,21-30,33-34H,11-12,17,19-20,31-32H2,1-10H3;1H/q+1;/p-1. The minimum absolute atomic E-state index is 0. The molecule has 0 bridgehead atoms. The van der Waals surface area contributed by atoms with Crippen LogP contribution >= 0.6 is 0 Å². The molecule has 0 fully saturated rings. The maximum absolute atomic E-state index is 2.58. The lowest BCUT2D eigenvalue weighted by Crippen LogP contribution is -3.00. The van der Waals surface area contributed by atoms with E-state index >= 15 is 0 Å². The van der Waals surface area contributed by atoms with Crippen molar-refractivity contribution in [2.45, 2.75) is 124 Å². The fourth-order valence-corrected chi connectivity index (χ4v) is 8.99. The van der Waals surface area contributed by atoms with Crippen LogP contribution < -0.4 is 17.3 Å². The first-order chi connectivity index (χ1) is 23.9. The van der Waals surface area contributed by atoms with E-state index in [4.69, 9.17) is 0 Å². The van der Waals surface area contributed by atoms with Crippen LogP contribution in [0.3, 0.4) is 0 Å². The van der Waals surface area contributed by atoms with Crippen molar-refractivity contribution in [3.63, 3.8) is 0 Å². The van der Waals surface area contributed by atoms with Crippen LogP contribution in [0.4, 0.5) is 11.4 Å². The predicted octanol–water partition coefficient (Wildman–Crippen LogP) is 9.94. The van der Waals surface area contributed by atoms with Crippen LogP contribution in [0.25, 0.3) is 5.57 Å². The van der Waals surface area contributed by atoms with E-state index in [2.05, 4.69) is 170 Å². The Morgan fingerprint density at radius 2 is 1.37 bits per heavy atom. The highest BCUT2D eigenvalue weighted by molar-refractivity contribution is 6.03. The van der Waals surface area contributed by atoms with Crippen LogP contribution in [-0.4, -0.2) is 23.4 Å². The van der Waals surface area contributed by atoms with Crippen molar-refractivity contribution in [1.82, 2.24) is 0 Å². The van der Waals surface area contributed by atoms with Gasteiger partial charge in [0.05, 0.1) is 5.41 Å². The van der Waals surface area contributed by atoms with Crippen molar-refractivity contribution in [2.75, 3.05) is 18.0 Å². The first-order valence-electron chi connectivity index (χ1n) is 19.5. The molecule has 0 saturated carbocycles. The lowest BCUT2D eigenvalue weighted by atomic mass is 9.75. The zero-order chi connectivity index (χ0) is 35.8. The van der Waals surface area contributed by atoms with Crippen molar-refractivity contribution in [2.24, 2.45) is 0 Å². The van der Waals surface area contributed by atoms with Crippen molar-refractivity contribution in [1.29, 1.82) is 0 Å². The molecule has 3 aromatic carbocycles. The van der Waals surface area contributed by atoms with Gasteiger partial charge in [-0.25, -0.2) is 0 Å². The summed E-state index contributed by atoms with van der Waals surface area (Å²) in [6.45, 7) is 25.7. The van der Waals surface area contributed by atoms with Gasteiger partial charge in [0.25, 0.3) is 0 Å². The summed E-state index contributed by atoms with van der Waals surface area (Å²) in [5.74, 6) is 0.868. The molecule has 2 heterocycles. The molecule has 0 saturated heterocycles. The van der Waals surface area contributed by atoms with Gasteiger partial charge < -0.3 is 17.3 Å². The van der Waals surface area contributed by atoms with Gasteiger partial charge in [-0.1, -0.05) is 122 Å². The highest BCUT2D eigenvalue weighted by atomic mass is 35.5. The minimum Gasteiger partial charge on any atom is -1.00 e. The molecule has 3 heteroatoms. The monoisotopic (exact) mass is 700 g/mol. The molecular weight excluding hydrogens is 640 g/mol. The smallest absolute Gasteiger partial charge is 0.209 e. The van der Waals surface area contributed by atoms with E-state index in [-0.39, 0.29) is 23.2 Å². The Bertz CT molecular complexity index is 1880. The summed E-state index contributed by atoms with van der Waals surface area (Å²) in [5.41, 5.74) is 17.2. The number of hydrogen-bond acceptors (Lipinski definition) is 1. The van der Waals surface area contributed by atoms with Gasteiger partial charge in [0.1, 0.15) is 6.54 Å². The van der Waals surface area contributed by atoms with Gasteiger partial charge >= 0.3 is 0 Å². The Kier molecular flexibility index (Phi) is 11.8. The fraction of sp³-hybridized carbons (Fsp3) is 0.438. The zero-order valence-electron chi connectivity index (χ0n) is 33.0. The number of nitrogens with zero attached hydrogens (tertiary/aromatic N) is 2. The maximum Gasteiger partial charge on any atom is 0.209 e. The summed E-state index contributed by atoms with van der Waals surface area (Å²) < 4.78 is 2.58. The first kappa shape index (κ1) is 38.6. The van der Waals surface area contributed by atoms with Crippen molar-refractivity contribution < 1.29 is 17.0 Å². The summed E-state index contributed by atoms with van der Waals surface area (Å²) in [4.78, 5) is 2.58. The van der Waals surface area contributed by atoms with E-state index in [0.29, 0.717) is 11.8 Å². The van der Waals surface area contributed by atoms with Crippen LogP contribution in [-0.2, 0) is 10.8 Å². The predicted molar refractivity (Wildman–Crippen MR) is 217 cm³/mol. The second kappa shape index (κ2) is 15.5. The molecule has 1 aliphatic carbocycles. The summed E-state index contributed by atoms with van der Waals surface area (Å²) in [7, 11) is 0. The van der Waals surface area contributed by atoms with Gasteiger partial charge in [-0.2, -0.15) is 4.58 Å². The van der Waals surface area contributed by atoms with Gasteiger partial charge in [-0.3, -0.25) is 0 Å². The quantitative estimate of drug-likeness (QED) is 0.191. The zero-order valence-corrected chi connectivity index (χ0v) is 33.8. The first-order valence-corrected chi connectivity index (χ1v) is 19.5. The van der Waals surface area contributed by atoms with Gasteiger partial charge in [0.15, 0.2) is 5.71 Å². The average molecular weight is 701 g/mol. The number of halogens is 1. The largest absolute Gasteiger partial charge is 1.00 e. The molecule has 6 rings (SSSR count). The van der Waals surface area contributed by atoms with Crippen LogP contribution in [0.15, 0.2) is 108 Å². The fourth-order valence-electron chi connectivity index (χ4n) is 8.99. The molecule has 51 heavy (non-hydrogen) atoms. The lowest BCUT2D eigenvalue weighted by molar-refractivity contribution is -0.437. The van der Waals surface area contributed by atoms with E-state index in [1.807, 2.05) is 0 Å². The highest BCUT2D eigenvalue weighted by Crippen LogP contribution is 2.49. The number of fused-ring (bicyclic) bond motifs is 2. The SMILES string of the molecule is CCCN1C(=CC=C2CCCC(C=CC3=[N+](CCC)c4ccccc4C3(C)C)=C2c2c(C(C)C)cccc2C(C)C)C(C)(C)c2ccccc21.[Cl-]. The third-order valence-corrected chi connectivity index (χ3v) is 11.5. The van der Waals surface area contributed by atoms with Crippen molar-refractivity contribution in [3.8, 4) is 0 Å². The Hall–Kier alpha value is -3.62. The van der Waals surface area contributed by atoms with Gasteiger partial charge in [0.2, 0.25) is 5.69 Å². The van der Waals surface area contributed by atoms with Crippen LogP contribution in [0.1, 0.15) is 141 Å². The molecule has 0 N–H and O–H groups in total. The number of rotatable bonds is 10. The molecular formula is C48H61ClN2.